The third-order valence-electron chi connectivity index (χ3n) is 2.97. The number of ether oxygens (including phenoxy) is 1. The van der Waals surface area contributed by atoms with E-state index in [1.165, 1.54) is 17.5 Å². The highest BCUT2D eigenvalue weighted by Gasteiger charge is 2.20. The first-order valence-electron chi connectivity index (χ1n) is 6.76. The van der Waals surface area contributed by atoms with Crippen LogP contribution < -0.4 is 10.2 Å². The maximum absolute atomic E-state index is 11.9. The van der Waals surface area contributed by atoms with Crippen molar-refractivity contribution < 1.29 is 19.1 Å². The molecule has 0 aliphatic heterocycles. The smallest absolute Gasteiger partial charge is 0.345 e. The van der Waals surface area contributed by atoms with Gasteiger partial charge in [-0.2, -0.15) is 0 Å². The van der Waals surface area contributed by atoms with E-state index in [0.29, 0.717) is 0 Å². The quantitative estimate of drug-likeness (QED) is 0.283. The maximum atomic E-state index is 11.9. The van der Waals surface area contributed by atoms with E-state index in [4.69, 9.17) is 4.74 Å². The predicted octanol–water partition coefficient (Wildman–Crippen LogP) is 1.45. The van der Waals surface area contributed by atoms with Crippen molar-refractivity contribution >= 4 is 45.5 Å². The monoisotopic (exact) mass is 333 g/mol. The molecule has 1 aromatic heterocycles. The van der Waals surface area contributed by atoms with Crippen molar-refractivity contribution in [3.05, 3.63) is 35.5 Å². The maximum Gasteiger partial charge on any atom is 0.345 e. The molecule has 7 nitrogen and oxygen atoms in total. The fourth-order valence-corrected chi connectivity index (χ4v) is 2.59. The number of thiazole rings is 1. The Kier molecular flexibility index (Phi) is 5.42. The summed E-state index contributed by atoms with van der Waals surface area (Å²) in [7, 11) is 1.69. The second kappa shape index (κ2) is 7.50. The van der Waals surface area contributed by atoms with E-state index >= 15 is 0 Å². The van der Waals surface area contributed by atoms with Crippen molar-refractivity contribution in [2.24, 2.45) is 0 Å². The number of rotatable bonds is 6. The molecule has 120 valence electrons. The number of hydrogen-bond donors (Lipinski definition) is 1. The topological polar surface area (TPSA) is 88.6 Å². The number of hydrogen-bond acceptors (Lipinski definition) is 7. The Balaban J connectivity index is 2.33. The van der Waals surface area contributed by atoms with Gasteiger partial charge in [-0.25, -0.2) is 9.78 Å². The molecule has 2 aromatic rings. The predicted molar refractivity (Wildman–Crippen MR) is 86.9 cm³/mol. The van der Waals surface area contributed by atoms with E-state index in [1.807, 2.05) is 23.5 Å². The van der Waals surface area contributed by atoms with E-state index in [9.17, 15) is 14.4 Å². The summed E-state index contributed by atoms with van der Waals surface area (Å²) in [6, 6.07) is 5.56. The molecule has 0 radical (unpaired) electrons. The van der Waals surface area contributed by atoms with Gasteiger partial charge in [0.15, 0.2) is 0 Å². The fourth-order valence-electron chi connectivity index (χ4n) is 1.88. The zero-order valence-electron chi connectivity index (χ0n) is 12.6. The minimum atomic E-state index is -0.816. The van der Waals surface area contributed by atoms with Crippen molar-refractivity contribution in [1.82, 2.24) is 10.3 Å². The SMILES string of the molecule is CCOC(=O)/C(=C/N(C)c1ccc2ncsc2c1)C(=O)NC=O. The number of anilines is 1. The summed E-state index contributed by atoms with van der Waals surface area (Å²) in [6.07, 6.45) is 1.55. The van der Waals surface area contributed by atoms with Gasteiger partial charge in [0, 0.05) is 18.9 Å². The standard InChI is InChI=1S/C15H15N3O4S/c1-3-22-15(21)11(14(20)16-8-19)7-18(2)10-4-5-12-13(6-10)23-9-17-12/h4-9H,3H2,1-2H3,(H,16,19,20)/b11-7+. The molecule has 23 heavy (non-hydrogen) atoms. The molecule has 2 amide bonds. The normalized spacial score (nSPS) is 11.1. The minimum Gasteiger partial charge on any atom is -0.462 e. The molecule has 1 heterocycles. The summed E-state index contributed by atoms with van der Waals surface area (Å²) in [5.41, 5.74) is 3.13. The van der Waals surface area contributed by atoms with E-state index in [1.54, 1.807) is 24.4 Å². The van der Waals surface area contributed by atoms with E-state index in [2.05, 4.69) is 4.98 Å². The van der Waals surface area contributed by atoms with Gasteiger partial charge in [-0.1, -0.05) is 0 Å². The average Bonchev–Trinajstić information content (AvgIpc) is 3.00. The summed E-state index contributed by atoms with van der Waals surface area (Å²) >= 11 is 1.49. The van der Waals surface area contributed by atoms with Gasteiger partial charge >= 0.3 is 5.97 Å². The van der Waals surface area contributed by atoms with Crippen molar-refractivity contribution in [3.8, 4) is 0 Å². The lowest BCUT2D eigenvalue weighted by atomic mass is 10.2. The first kappa shape index (κ1) is 16.6. The lowest BCUT2D eigenvalue weighted by molar-refractivity contribution is -0.140. The Morgan fingerprint density at radius 1 is 1.43 bits per heavy atom. The molecule has 8 heteroatoms. The number of aromatic nitrogens is 1. The lowest BCUT2D eigenvalue weighted by Crippen LogP contribution is -2.30. The number of nitrogens with one attached hydrogen (secondary N) is 1. The molecule has 0 atom stereocenters. The Morgan fingerprint density at radius 2 is 2.22 bits per heavy atom. The van der Waals surface area contributed by atoms with Gasteiger partial charge in [0.05, 0.1) is 22.3 Å². The molecule has 0 saturated carbocycles. The number of imide groups is 1. The molecule has 0 saturated heterocycles. The van der Waals surface area contributed by atoms with Gasteiger partial charge in [0.25, 0.3) is 5.91 Å². The van der Waals surface area contributed by atoms with Crippen LogP contribution in [0.3, 0.4) is 0 Å². The van der Waals surface area contributed by atoms with Crippen LogP contribution in [0.2, 0.25) is 0 Å². The number of nitrogens with zero attached hydrogens (tertiary/aromatic N) is 2. The van der Waals surface area contributed by atoms with Crippen molar-refractivity contribution in [1.29, 1.82) is 0 Å². The van der Waals surface area contributed by atoms with Crippen LogP contribution in [0.25, 0.3) is 10.2 Å². The van der Waals surface area contributed by atoms with Gasteiger partial charge in [-0.3, -0.25) is 14.9 Å². The molecule has 1 N–H and O–H groups in total. The summed E-state index contributed by atoms with van der Waals surface area (Å²) in [5, 5.41) is 1.94. The molecular weight excluding hydrogens is 318 g/mol. The second-order valence-electron chi connectivity index (χ2n) is 4.47. The van der Waals surface area contributed by atoms with E-state index in [-0.39, 0.29) is 18.6 Å². The Hall–Kier alpha value is -2.74. The van der Waals surface area contributed by atoms with Gasteiger partial charge in [0.2, 0.25) is 6.41 Å². The first-order valence-corrected chi connectivity index (χ1v) is 7.64. The number of carbonyl (C=O) groups is 3. The molecule has 0 bridgehead atoms. The zero-order valence-corrected chi connectivity index (χ0v) is 13.4. The van der Waals surface area contributed by atoms with Gasteiger partial charge in [0.1, 0.15) is 5.57 Å². The zero-order chi connectivity index (χ0) is 16.8. The number of fused-ring (bicyclic) bond motifs is 1. The molecule has 1 aromatic carbocycles. The van der Waals surface area contributed by atoms with Crippen LogP contribution in [0.5, 0.6) is 0 Å². The van der Waals surface area contributed by atoms with Crippen LogP contribution in [0.4, 0.5) is 5.69 Å². The number of esters is 1. The molecule has 0 unspecified atom stereocenters. The molecule has 0 spiro atoms. The van der Waals surface area contributed by atoms with Crippen LogP contribution >= 0.6 is 11.3 Å². The lowest BCUT2D eigenvalue weighted by Gasteiger charge is -2.16. The second-order valence-corrected chi connectivity index (χ2v) is 5.36. The largest absolute Gasteiger partial charge is 0.462 e. The highest BCUT2D eigenvalue weighted by molar-refractivity contribution is 7.16. The van der Waals surface area contributed by atoms with Crippen molar-refractivity contribution in [2.75, 3.05) is 18.6 Å². The summed E-state index contributed by atoms with van der Waals surface area (Å²) < 4.78 is 5.83. The third-order valence-corrected chi connectivity index (χ3v) is 3.77. The molecule has 0 aliphatic carbocycles. The van der Waals surface area contributed by atoms with Gasteiger partial charge < -0.3 is 9.64 Å². The summed E-state index contributed by atoms with van der Waals surface area (Å²) in [5.74, 6) is -1.61. The highest BCUT2D eigenvalue weighted by Crippen LogP contribution is 2.24. The van der Waals surface area contributed by atoms with E-state index < -0.39 is 11.9 Å². The fraction of sp³-hybridized carbons (Fsp3) is 0.200. The Morgan fingerprint density at radius 3 is 2.91 bits per heavy atom. The molecule has 0 aliphatic rings. The molecule has 2 rings (SSSR count). The molecule has 0 fully saturated rings. The first-order chi connectivity index (χ1) is 11.1. The van der Waals surface area contributed by atoms with Gasteiger partial charge in [-0.15, -0.1) is 11.3 Å². The third kappa shape index (κ3) is 3.92. The highest BCUT2D eigenvalue weighted by atomic mass is 32.1. The van der Waals surface area contributed by atoms with Crippen LogP contribution in [-0.2, 0) is 19.1 Å². The van der Waals surface area contributed by atoms with Crippen molar-refractivity contribution in [3.63, 3.8) is 0 Å². The number of carbonyl (C=O) groups excluding carboxylic acids is 3. The van der Waals surface area contributed by atoms with Crippen LogP contribution in [-0.4, -0.2) is 36.9 Å². The van der Waals surface area contributed by atoms with Crippen molar-refractivity contribution in [2.45, 2.75) is 6.92 Å². The minimum absolute atomic E-state index is 0.126. The van der Waals surface area contributed by atoms with Gasteiger partial charge in [-0.05, 0) is 25.1 Å². The van der Waals surface area contributed by atoms with E-state index in [0.717, 1.165) is 15.9 Å². The summed E-state index contributed by atoms with van der Waals surface area (Å²) in [6.45, 7) is 1.76. The molecular formula is C15H15N3O4S. The number of benzene rings is 1. The van der Waals surface area contributed by atoms with Crippen LogP contribution in [0, 0.1) is 0 Å². The number of amides is 2. The average molecular weight is 333 g/mol. The Bertz CT molecular complexity index is 769. The van der Waals surface area contributed by atoms with Crippen LogP contribution in [0.15, 0.2) is 35.5 Å². The van der Waals surface area contributed by atoms with Crippen LogP contribution in [0.1, 0.15) is 6.92 Å². The Labute approximate surface area is 136 Å². The summed E-state index contributed by atoms with van der Waals surface area (Å²) in [4.78, 5) is 40.0.